The molecule has 39 heavy (non-hydrogen) atoms. The number of hydrogen-bond acceptors (Lipinski definition) is 6. The predicted molar refractivity (Wildman–Crippen MR) is 155 cm³/mol. The Kier molecular flexibility index (Phi) is 7.85. The van der Waals surface area contributed by atoms with Crippen LogP contribution in [0, 0.1) is 0 Å². The molecule has 1 fully saturated rings. The molecule has 204 valence electrons. The number of carbonyl (C=O) groups is 1. The predicted octanol–water partition coefficient (Wildman–Crippen LogP) is 3.63. The van der Waals surface area contributed by atoms with Gasteiger partial charge in [0.05, 0.1) is 22.9 Å². The Morgan fingerprint density at radius 1 is 1.03 bits per heavy atom. The summed E-state index contributed by atoms with van der Waals surface area (Å²) in [6, 6.07) is 15.1. The zero-order chi connectivity index (χ0) is 26.6. The van der Waals surface area contributed by atoms with Gasteiger partial charge in [-0.25, -0.2) is 0 Å². The number of pyridine rings is 2. The van der Waals surface area contributed by atoms with Crippen LogP contribution in [-0.2, 0) is 24.3 Å². The highest BCUT2D eigenvalue weighted by Crippen LogP contribution is 2.36. The fourth-order valence-electron chi connectivity index (χ4n) is 6.44. The van der Waals surface area contributed by atoms with Gasteiger partial charge in [-0.15, -0.1) is 0 Å². The van der Waals surface area contributed by atoms with Gasteiger partial charge in [0.1, 0.15) is 6.54 Å². The minimum atomic E-state index is 0.166. The van der Waals surface area contributed by atoms with Crippen LogP contribution in [0.3, 0.4) is 0 Å². The van der Waals surface area contributed by atoms with Crippen molar-refractivity contribution in [2.24, 2.45) is 5.73 Å². The van der Waals surface area contributed by atoms with Crippen molar-refractivity contribution in [3.63, 3.8) is 0 Å². The van der Waals surface area contributed by atoms with E-state index < -0.39 is 0 Å². The van der Waals surface area contributed by atoms with Crippen LogP contribution in [0.4, 0.5) is 0 Å². The Labute approximate surface area is 230 Å². The summed E-state index contributed by atoms with van der Waals surface area (Å²) in [5.74, 6) is 0.166. The third-order valence-electron chi connectivity index (χ3n) is 8.38. The van der Waals surface area contributed by atoms with Crippen LogP contribution in [-0.4, -0.2) is 69.5 Å². The number of carbonyl (C=O) groups excluding carboxylic acids is 1. The lowest BCUT2D eigenvalue weighted by Gasteiger charge is -2.35. The Hall–Kier alpha value is -3.33. The van der Waals surface area contributed by atoms with Crippen LogP contribution >= 0.6 is 0 Å². The number of piperazine rings is 1. The van der Waals surface area contributed by atoms with Crippen LogP contribution in [0.5, 0.6) is 0 Å². The summed E-state index contributed by atoms with van der Waals surface area (Å²) in [5.41, 5.74) is 11.6. The van der Waals surface area contributed by atoms with Crippen LogP contribution in [0.2, 0.25) is 0 Å². The first-order valence-electron chi connectivity index (χ1n) is 14.5. The maximum absolute atomic E-state index is 13.5. The van der Waals surface area contributed by atoms with Gasteiger partial charge in [0.2, 0.25) is 5.91 Å². The number of nitrogens with one attached hydrogen (secondary N) is 1. The topological polar surface area (TPSA) is 92.3 Å². The van der Waals surface area contributed by atoms with E-state index in [2.05, 4.69) is 57.2 Å². The molecule has 6 rings (SSSR count). The van der Waals surface area contributed by atoms with Crippen LogP contribution < -0.4 is 11.1 Å². The average Bonchev–Trinajstić information content (AvgIpc) is 3.31. The highest BCUT2D eigenvalue weighted by Gasteiger charge is 2.29. The van der Waals surface area contributed by atoms with Crippen molar-refractivity contribution in [2.75, 3.05) is 39.3 Å². The fraction of sp³-hybridized carbons (Fsp3) is 0.452. The lowest BCUT2D eigenvalue weighted by molar-refractivity contribution is -0.132. The molecular weight excluding hydrogens is 486 g/mol. The molecule has 1 aliphatic heterocycles. The van der Waals surface area contributed by atoms with E-state index >= 15 is 0 Å². The second-order valence-corrected chi connectivity index (χ2v) is 10.8. The number of amides is 1. The SMILES string of the molecule is NCCCCN(Cc1nccc2c3ccccc3n(CC(=O)N3CCNCC3)c12)C1CCCc2cccnc21. The minimum Gasteiger partial charge on any atom is -0.339 e. The van der Waals surface area contributed by atoms with Gasteiger partial charge in [0.15, 0.2) is 0 Å². The van der Waals surface area contributed by atoms with Crippen molar-refractivity contribution < 1.29 is 4.79 Å². The molecule has 0 saturated carbocycles. The molecule has 4 aromatic rings. The third-order valence-corrected chi connectivity index (χ3v) is 8.38. The first-order valence-corrected chi connectivity index (χ1v) is 14.5. The van der Waals surface area contributed by atoms with Crippen molar-refractivity contribution in [3.05, 3.63) is 71.8 Å². The van der Waals surface area contributed by atoms with Gasteiger partial charge >= 0.3 is 0 Å². The highest BCUT2D eigenvalue weighted by atomic mass is 16.2. The molecule has 8 heteroatoms. The van der Waals surface area contributed by atoms with Crippen molar-refractivity contribution in [2.45, 2.75) is 51.2 Å². The molecule has 0 radical (unpaired) electrons. The molecule has 0 bridgehead atoms. The number of aromatic nitrogens is 3. The zero-order valence-electron chi connectivity index (χ0n) is 22.7. The van der Waals surface area contributed by atoms with Gasteiger partial charge in [-0.2, -0.15) is 0 Å². The standard InChI is InChI=1S/C31H39N7O/c32-13-3-4-18-37(28-11-5-7-23-8-6-14-35-30(23)28)21-26-31-25(12-15-34-26)24-9-1-2-10-27(24)38(31)22-29(39)36-19-16-33-17-20-36/h1-2,6,8-10,12,14-15,28,33H,3-5,7,11,13,16-22,32H2. The highest BCUT2D eigenvalue weighted by molar-refractivity contribution is 6.09. The number of hydrogen-bond donors (Lipinski definition) is 2. The molecule has 1 saturated heterocycles. The fourth-order valence-corrected chi connectivity index (χ4v) is 6.44. The van der Waals surface area contributed by atoms with E-state index in [9.17, 15) is 4.79 Å². The van der Waals surface area contributed by atoms with Crippen molar-refractivity contribution in [3.8, 4) is 0 Å². The van der Waals surface area contributed by atoms with Gasteiger partial charge in [0.25, 0.3) is 0 Å². The van der Waals surface area contributed by atoms with Gasteiger partial charge in [0, 0.05) is 61.4 Å². The summed E-state index contributed by atoms with van der Waals surface area (Å²) >= 11 is 0. The molecule has 1 atom stereocenters. The monoisotopic (exact) mass is 525 g/mol. The van der Waals surface area contributed by atoms with E-state index in [0.29, 0.717) is 19.6 Å². The van der Waals surface area contributed by atoms with E-state index in [1.54, 1.807) is 0 Å². The Bertz CT molecular complexity index is 1440. The summed E-state index contributed by atoms with van der Waals surface area (Å²) in [5, 5.41) is 5.68. The lowest BCUT2D eigenvalue weighted by atomic mass is 9.90. The van der Waals surface area contributed by atoms with E-state index in [1.807, 2.05) is 17.3 Å². The quantitative estimate of drug-likeness (QED) is 0.324. The molecule has 8 nitrogen and oxygen atoms in total. The van der Waals surface area contributed by atoms with Crippen molar-refractivity contribution >= 4 is 27.7 Å². The van der Waals surface area contributed by atoms with E-state index in [1.165, 1.54) is 16.6 Å². The Morgan fingerprint density at radius 3 is 2.77 bits per heavy atom. The minimum absolute atomic E-state index is 0.166. The maximum atomic E-state index is 13.5. The Morgan fingerprint density at radius 2 is 1.90 bits per heavy atom. The second-order valence-electron chi connectivity index (χ2n) is 10.8. The molecule has 3 N–H and O–H groups in total. The zero-order valence-corrected chi connectivity index (χ0v) is 22.7. The molecule has 1 amide bonds. The number of fused-ring (bicyclic) bond motifs is 4. The largest absolute Gasteiger partial charge is 0.339 e. The summed E-state index contributed by atoms with van der Waals surface area (Å²) in [6.45, 7) is 5.87. The van der Waals surface area contributed by atoms with Gasteiger partial charge < -0.3 is 20.5 Å². The number of benzene rings is 1. The number of rotatable bonds is 9. The van der Waals surface area contributed by atoms with E-state index in [4.69, 9.17) is 15.7 Å². The molecule has 1 aliphatic carbocycles. The molecule has 2 aliphatic rings. The summed E-state index contributed by atoms with van der Waals surface area (Å²) in [6.07, 6.45) is 9.23. The molecule has 4 heterocycles. The molecule has 0 spiro atoms. The van der Waals surface area contributed by atoms with E-state index in [0.717, 1.165) is 86.9 Å². The number of aryl methyl sites for hydroxylation is 1. The van der Waals surface area contributed by atoms with Crippen LogP contribution in [0.1, 0.15) is 48.7 Å². The summed E-state index contributed by atoms with van der Waals surface area (Å²) < 4.78 is 2.21. The molecule has 3 aromatic heterocycles. The van der Waals surface area contributed by atoms with Crippen molar-refractivity contribution in [1.82, 2.24) is 29.7 Å². The first-order chi connectivity index (χ1) is 19.2. The van der Waals surface area contributed by atoms with Crippen molar-refractivity contribution in [1.29, 1.82) is 0 Å². The average molecular weight is 526 g/mol. The second kappa shape index (κ2) is 11.8. The Balaban J connectivity index is 1.40. The lowest BCUT2D eigenvalue weighted by Crippen LogP contribution is -2.47. The van der Waals surface area contributed by atoms with Gasteiger partial charge in [-0.1, -0.05) is 24.3 Å². The van der Waals surface area contributed by atoms with Gasteiger partial charge in [-0.05, 0) is 69.0 Å². The molecule has 1 aromatic carbocycles. The molecule has 1 unspecified atom stereocenters. The maximum Gasteiger partial charge on any atom is 0.242 e. The van der Waals surface area contributed by atoms with Crippen LogP contribution in [0.25, 0.3) is 21.8 Å². The van der Waals surface area contributed by atoms with Gasteiger partial charge in [-0.3, -0.25) is 19.7 Å². The first kappa shape index (κ1) is 25.9. The third kappa shape index (κ3) is 5.29. The number of nitrogens with zero attached hydrogens (tertiary/aromatic N) is 5. The summed E-state index contributed by atoms with van der Waals surface area (Å²) in [4.78, 5) is 27.8. The number of nitrogens with two attached hydrogens (primary N) is 1. The van der Waals surface area contributed by atoms with E-state index in [-0.39, 0.29) is 11.9 Å². The summed E-state index contributed by atoms with van der Waals surface area (Å²) in [7, 11) is 0. The molecular formula is C31H39N7O. The smallest absolute Gasteiger partial charge is 0.242 e. The normalized spacial score (nSPS) is 17.7. The van der Waals surface area contributed by atoms with Crippen LogP contribution in [0.15, 0.2) is 54.9 Å². The number of para-hydroxylation sites is 1. The number of unbranched alkanes of at least 4 members (excludes halogenated alkanes) is 1.